The van der Waals surface area contributed by atoms with Crippen LogP contribution >= 0.6 is 0 Å². The Morgan fingerprint density at radius 2 is 0.655 bits per heavy atom. The number of nitrogens with zero attached hydrogens (tertiary/aromatic N) is 3. The minimum Gasteiger partial charge on any atom is -0.208 e. The highest BCUT2D eigenvalue weighted by atomic mass is 15.0. The highest BCUT2D eigenvalue weighted by molar-refractivity contribution is 5.88. The number of benzene rings is 8. The number of aromatic nitrogens is 3. The average Bonchev–Trinajstić information content (AvgIpc) is 4.02. The van der Waals surface area contributed by atoms with Crippen LogP contribution in [-0.4, -0.2) is 15.0 Å². The Hall–Kier alpha value is -6.97. The van der Waals surface area contributed by atoms with Crippen LogP contribution in [0.15, 0.2) is 176 Å². The van der Waals surface area contributed by atoms with E-state index in [1.54, 1.807) is 0 Å². The summed E-state index contributed by atoms with van der Waals surface area (Å²) in [5.41, 5.74) is 19.5. The lowest BCUT2D eigenvalue weighted by Crippen LogP contribution is -2.25. The molecule has 3 nitrogen and oxygen atoms in total. The van der Waals surface area contributed by atoms with E-state index in [1.807, 2.05) is 0 Å². The van der Waals surface area contributed by atoms with Crippen LogP contribution in [0.5, 0.6) is 0 Å². The summed E-state index contributed by atoms with van der Waals surface area (Å²) < 4.78 is 0. The second-order valence-corrected chi connectivity index (χ2v) is 16.9. The van der Waals surface area contributed by atoms with Gasteiger partial charge in [-0.15, -0.1) is 0 Å². The topological polar surface area (TPSA) is 38.7 Å². The maximum atomic E-state index is 5.40. The Labute approximate surface area is 337 Å². The fourth-order valence-corrected chi connectivity index (χ4v) is 11.3. The van der Waals surface area contributed by atoms with Gasteiger partial charge in [0.1, 0.15) is 0 Å². The van der Waals surface area contributed by atoms with Crippen molar-refractivity contribution in [2.24, 2.45) is 0 Å². The van der Waals surface area contributed by atoms with Crippen molar-refractivity contribution in [1.82, 2.24) is 15.0 Å². The van der Waals surface area contributed by atoms with Gasteiger partial charge in [0.25, 0.3) is 0 Å². The lowest BCUT2D eigenvalue weighted by atomic mass is 9.75. The molecule has 1 aromatic heterocycles. The molecule has 0 fully saturated rings. The molecule has 272 valence electrons. The van der Waals surface area contributed by atoms with E-state index >= 15 is 0 Å². The number of fused-ring (bicyclic) bond motifs is 13. The van der Waals surface area contributed by atoms with Crippen LogP contribution in [0.3, 0.4) is 0 Å². The summed E-state index contributed by atoms with van der Waals surface area (Å²) in [6.45, 7) is 0. The molecule has 0 atom stereocenters. The van der Waals surface area contributed by atoms with Crippen LogP contribution in [0, 0.1) is 0 Å². The molecular formula is C55H37N3. The lowest BCUT2D eigenvalue weighted by Gasteiger charge is -2.27. The second-order valence-electron chi connectivity index (χ2n) is 16.9. The Morgan fingerprint density at radius 1 is 0.293 bits per heavy atom. The Balaban J connectivity index is 0.999. The Bertz CT molecular complexity index is 2990. The summed E-state index contributed by atoms with van der Waals surface area (Å²) in [6.07, 6.45) is 3.96. The number of hydrogen-bond acceptors (Lipinski definition) is 3. The zero-order valence-electron chi connectivity index (χ0n) is 31.9. The van der Waals surface area contributed by atoms with Crippen molar-refractivity contribution >= 4 is 10.8 Å². The third-order valence-electron chi connectivity index (χ3n) is 13.9. The normalized spacial score (nSPS) is 15.6. The number of hydrogen-bond donors (Lipinski definition) is 0. The van der Waals surface area contributed by atoms with Crippen molar-refractivity contribution in [3.8, 4) is 56.4 Å². The highest BCUT2D eigenvalue weighted by Gasteiger charge is 2.48. The summed E-state index contributed by atoms with van der Waals surface area (Å²) in [5, 5.41) is 2.36. The van der Waals surface area contributed by atoms with Gasteiger partial charge in [-0.05, 0) is 121 Å². The van der Waals surface area contributed by atoms with Gasteiger partial charge in [-0.25, -0.2) is 15.0 Å². The minimum atomic E-state index is -0.120. The maximum absolute atomic E-state index is 5.40. The van der Waals surface area contributed by atoms with Gasteiger partial charge in [0, 0.05) is 27.5 Å². The van der Waals surface area contributed by atoms with Gasteiger partial charge in [-0.2, -0.15) is 0 Å². The molecule has 4 aliphatic rings. The molecule has 0 bridgehead atoms. The van der Waals surface area contributed by atoms with E-state index in [0.717, 1.165) is 42.4 Å². The average molecular weight is 740 g/mol. The smallest absolute Gasteiger partial charge is 0.164 e. The van der Waals surface area contributed by atoms with Gasteiger partial charge < -0.3 is 0 Å². The van der Waals surface area contributed by atoms with E-state index in [4.69, 9.17) is 15.0 Å². The molecule has 1 heterocycles. The summed E-state index contributed by atoms with van der Waals surface area (Å²) in [5.74, 6) is 2.08. The summed E-state index contributed by atoms with van der Waals surface area (Å²) in [6, 6.07) is 64.9. The van der Waals surface area contributed by atoms with Crippen molar-refractivity contribution in [2.75, 3.05) is 0 Å². The second kappa shape index (κ2) is 11.8. The van der Waals surface area contributed by atoms with Crippen LogP contribution in [0.1, 0.15) is 44.5 Å². The third-order valence-corrected chi connectivity index (χ3v) is 13.9. The third kappa shape index (κ3) is 4.47. The summed E-state index contributed by atoms with van der Waals surface area (Å²) in [4.78, 5) is 16.0. The molecule has 0 aliphatic heterocycles. The fourth-order valence-electron chi connectivity index (χ4n) is 11.3. The Kier molecular flexibility index (Phi) is 6.53. The molecule has 0 saturated heterocycles. The van der Waals surface area contributed by atoms with E-state index in [1.165, 1.54) is 77.5 Å². The zero-order chi connectivity index (χ0) is 38.0. The lowest BCUT2D eigenvalue weighted by molar-refractivity contribution is 0.564. The van der Waals surface area contributed by atoms with Gasteiger partial charge in [0.2, 0.25) is 0 Å². The van der Waals surface area contributed by atoms with Gasteiger partial charge in [-0.3, -0.25) is 0 Å². The molecule has 8 aromatic carbocycles. The van der Waals surface area contributed by atoms with E-state index in [9.17, 15) is 0 Å². The molecule has 0 amide bonds. The summed E-state index contributed by atoms with van der Waals surface area (Å²) in [7, 11) is 0. The molecule has 3 heteroatoms. The van der Waals surface area contributed by atoms with Crippen LogP contribution in [-0.2, 0) is 36.5 Å². The Morgan fingerprint density at radius 3 is 1.14 bits per heavy atom. The van der Waals surface area contributed by atoms with E-state index < -0.39 is 0 Å². The fraction of sp³-hybridized carbons (Fsp3) is 0.109. The first-order valence-electron chi connectivity index (χ1n) is 20.5. The molecule has 2 spiro atoms. The highest BCUT2D eigenvalue weighted by Crippen LogP contribution is 2.57. The molecule has 58 heavy (non-hydrogen) atoms. The van der Waals surface area contributed by atoms with Crippen LogP contribution in [0.25, 0.3) is 67.2 Å². The van der Waals surface area contributed by atoms with E-state index in [2.05, 4.69) is 176 Å². The maximum Gasteiger partial charge on any atom is 0.164 e. The van der Waals surface area contributed by atoms with Crippen LogP contribution in [0.4, 0.5) is 0 Å². The molecule has 0 saturated carbocycles. The van der Waals surface area contributed by atoms with Crippen molar-refractivity contribution in [3.05, 3.63) is 220 Å². The van der Waals surface area contributed by atoms with Gasteiger partial charge in [0.15, 0.2) is 17.5 Å². The van der Waals surface area contributed by atoms with Gasteiger partial charge in [0.05, 0.1) is 0 Å². The molecule has 9 aromatic rings. The SMILES string of the molecule is c1ccc2c(c1)CC1(C2)c2ccccc2-c2ccc(-c3nc(-c4ccc5c(c4)C4(Cc6ccccc6C4)c4ccccc4-5)nc(-c4ccc5ccccc5c4)n3)cc21. The first-order chi connectivity index (χ1) is 28.6. The van der Waals surface area contributed by atoms with E-state index in [-0.39, 0.29) is 10.8 Å². The molecule has 4 aliphatic carbocycles. The molecular weight excluding hydrogens is 703 g/mol. The van der Waals surface area contributed by atoms with Crippen molar-refractivity contribution in [2.45, 2.75) is 36.5 Å². The van der Waals surface area contributed by atoms with Crippen molar-refractivity contribution in [3.63, 3.8) is 0 Å². The molecule has 0 unspecified atom stereocenters. The van der Waals surface area contributed by atoms with Crippen molar-refractivity contribution < 1.29 is 0 Å². The van der Waals surface area contributed by atoms with E-state index in [0.29, 0.717) is 17.5 Å². The van der Waals surface area contributed by atoms with Gasteiger partial charge >= 0.3 is 0 Å². The van der Waals surface area contributed by atoms with Crippen LogP contribution in [0.2, 0.25) is 0 Å². The quantitative estimate of drug-likeness (QED) is 0.181. The zero-order valence-corrected chi connectivity index (χ0v) is 31.9. The predicted molar refractivity (Wildman–Crippen MR) is 234 cm³/mol. The largest absolute Gasteiger partial charge is 0.208 e. The number of rotatable bonds is 3. The van der Waals surface area contributed by atoms with Gasteiger partial charge in [-0.1, -0.05) is 158 Å². The molecule has 13 rings (SSSR count). The van der Waals surface area contributed by atoms with Crippen molar-refractivity contribution in [1.29, 1.82) is 0 Å². The first kappa shape index (κ1) is 32.2. The minimum absolute atomic E-state index is 0.120. The van der Waals surface area contributed by atoms with Crippen LogP contribution < -0.4 is 0 Å². The standard InChI is InChI=1S/C55H37N3/c1-2-12-35-27-36(22-21-34(35)11-1)51-56-52(37-23-25-45-43-17-7-9-19-47(43)54(49(45)28-37)30-39-13-3-4-14-40(39)31-54)58-53(57-51)38-24-26-46-44-18-8-10-20-48(44)55(50(46)29-38)32-41-15-5-6-16-42(41)33-55/h1-29H,30-33H2. The monoisotopic (exact) mass is 739 g/mol. The summed E-state index contributed by atoms with van der Waals surface area (Å²) >= 11 is 0. The predicted octanol–water partition coefficient (Wildman–Crippen LogP) is 12.2. The first-order valence-corrected chi connectivity index (χ1v) is 20.5. The molecule has 0 N–H and O–H groups in total. The molecule has 0 radical (unpaired) electrons.